The molecule has 0 saturated carbocycles. The minimum Gasteiger partial charge on any atom is -0.347 e. The number of rotatable bonds is 7. The molecule has 0 bridgehead atoms. The molecule has 0 radical (unpaired) electrons. The van der Waals surface area contributed by atoms with Crippen LogP contribution in [-0.4, -0.2) is 42.1 Å². The van der Waals surface area contributed by atoms with E-state index >= 15 is 0 Å². The van der Waals surface area contributed by atoms with Crippen molar-refractivity contribution in [2.75, 3.05) is 19.6 Å². The number of amides is 2. The molecule has 5 heteroatoms. The topological polar surface area (TPSA) is 66.5 Å². The molecule has 0 spiro atoms. The first-order valence-electron chi connectivity index (χ1n) is 5.55. The van der Waals surface area contributed by atoms with E-state index in [0.717, 1.165) is 0 Å². The molecule has 0 atom stereocenters. The Morgan fingerprint density at radius 2 is 1.62 bits per heavy atom. The molecule has 0 aliphatic heterocycles. The minimum atomic E-state index is -0.254. The van der Waals surface area contributed by atoms with Crippen molar-refractivity contribution in [3.63, 3.8) is 0 Å². The highest BCUT2D eigenvalue weighted by molar-refractivity contribution is 5.87. The van der Waals surface area contributed by atoms with Gasteiger partial charge in [-0.1, -0.05) is 0 Å². The summed E-state index contributed by atoms with van der Waals surface area (Å²) in [6.45, 7) is 6.50. The highest BCUT2D eigenvalue weighted by Crippen LogP contribution is 1.91. The summed E-state index contributed by atoms with van der Waals surface area (Å²) in [6.07, 6.45) is 0.381. The Morgan fingerprint density at radius 3 is 2.06 bits per heavy atom. The molecule has 0 unspecified atom stereocenters. The van der Waals surface area contributed by atoms with Crippen molar-refractivity contribution in [1.29, 1.82) is 0 Å². The van der Waals surface area contributed by atoms with Crippen molar-refractivity contribution in [2.24, 2.45) is 0 Å². The number of nitrogens with one attached hydrogen (secondary N) is 1. The first kappa shape index (κ1) is 14.6. The van der Waals surface area contributed by atoms with E-state index in [1.807, 2.05) is 13.8 Å². The van der Waals surface area contributed by atoms with Crippen molar-refractivity contribution in [3.8, 4) is 0 Å². The molecule has 5 nitrogen and oxygen atoms in total. The molecule has 92 valence electrons. The molecule has 2 amide bonds. The Bertz CT molecular complexity index is 260. The van der Waals surface area contributed by atoms with Gasteiger partial charge in [-0.15, -0.1) is 0 Å². The van der Waals surface area contributed by atoms with Crippen molar-refractivity contribution in [2.45, 2.75) is 33.6 Å². The molecule has 0 aliphatic rings. The number of hydrogen-bond donors (Lipinski definition) is 1. The standard InChI is InChI=1S/C11H20N2O3/c1-4-13(5-2)11(16)8-12-10(15)7-6-9(3)14/h4-8H2,1-3H3,(H,12,15). The summed E-state index contributed by atoms with van der Waals surface area (Å²) in [5.41, 5.74) is 0. The Hall–Kier alpha value is -1.39. The van der Waals surface area contributed by atoms with E-state index in [9.17, 15) is 14.4 Å². The lowest BCUT2D eigenvalue weighted by molar-refractivity contribution is -0.132. The van der Waals surface area contributed by atoms with Crippen molar-refractivity contribution in [1.82, 2.24) is 10.2 Å². The second kappa shape index (κ2) is 7.84. The van der Waals surface area contributed by atoms with E-state index in [1.54, 1.807) is 4.90 Å². The number of Topliss-reactive ketones (excluding diaryl/α,β-unsaturated/α-hetero) is 1. The number of likely N-dealkylation sites (N-methyl/N-ethyl adjacent to an activating group) is 1. The number of ketones is 1. The zero-order valence-corrected chi connectivity index (χ0v) is 10.2. The van der Waals surface area contributed by atoms with E-state index in [4.69, 9.17) is 0 Å². The maximum atomic E-state index is 11.5. The summed E-state index contributed by atoms with van der Waals surface area (Å²) in [5, 5.41) is 2.50. The Morgan fingerprint density at radius 1 is 1.06 bits per heavy atom. The molecule has 1 N–H and O–H groups in total. The van der Waals surface area contributed by atoms with Crippen molar-refractivity contribution in [3.05, 3.63) is 0 Å². The van der Waals surface area contributed by atoms with Crippen molar-refractivity contribution >= 4 is 17.6 Å². The van der Waals surface area contributed by atoms with Crippen LogP contribution in [0, 0.1) is 0 Å². The summed E-state index contributed by atoms with van der Waals surface area (Å²) in [4.78, 5) is 35.0. The van der Waals surface area contributed by atoms with Gasteiger partial charge in [0.1, 0.15) is 5.78 Å². The lowest BCUT2D eigenvalue weighted by Gasteiger charge is -2.18. The molecule has 0 saturated heterocycles. The van der Waals surface area contributed by atoms with Crippen LogP contribution in [0.4, 0.5) is 0 Å². The molecule has 0 aromatic heterocycles. The lowest BCUT2D eigenvalue weighted by atomic mass is 10.2. The third kappa shape index (κ3) is 6.16. The fourth-order valence-electron chi connectivity index (χ4n) is 1.24. The van der Waals surface area contributed by atoms with E-state index in [0.29, 0.717) is 13.1 Å². The van der Waals surface area contributed by atoms with Gasteiger partial charge in [0.2, 0.25) is 11.8 Å². The first-order valence-corrected chi connectivity index (χ1v) is 5.55. The monoisotopic (exact) mass is 228 g/mol. The predicted molar refractivity (Wildman–Crippen MR) is 60.9 cm³/mol. The van der Waals surface area contributed by atoms with Gasteiger partial charge in [-0.25, -0.2) is 0 Å². The lowest BCUT2D eigenvalue weighted by Crippen LogP contribution is -2.40. The number of carbonyl (C=O) groups excluding carboxylic acids is 3. The van der Waals surface area contributed by atoms with Gasteiger partial charge in [-0.05, 0) is 20.8 Å². The molecule has 0 heterocycles. The SMILES string of the molecule is CCN(CC)C(=O)CNC(=O)CCC(C)=O. The molecule has 0 fully saturated rings. The van der Waals surface area contributed by atoms with Crippen LogP contribution in [0.15, 0.2) is 0 Å². The van der Waals surface area contributed by atoms with Crippen LogP contribution in [0.5, 0.6) is 0 Å². The van der Waals surface area contributed by atoms with Gasteiger partial charge in [0.05, 0.1) is 6.54 Å². The Balaban J connectivity index is 3.82. The summed E-state index contributed by atoms with van der Waals surface area (Å²) >= 11 is 0. The number of nitrogens with zero attached hydrogens (tertiary/aromatic N) is 1. The van der Waals surface area contributed by atoms with E-state index in [1.165, 1.54) is 6.92 Å². The van der Waals surface area contributed by atoms with E-state index < -0.39 is 0 Å². The quantitative estimate of drug-likeness (QED) is 0.683. The van der Waals surface area contributed by atoms with Gasteiger partial charge in [-0.3, -0.25) is 9.59 Å². The van der Waals surface area contributed by atoms with E-state index in [-0.39, 0.29) is 37.0 Å². The highest BCUT2D eigenvalue weighted by atomic mass is 16.2. The smallest absolute Gasteiger partial charge is 0.241 e. The summed E-state index contributed by atoms with van der Waals surface area (Å²) < 4.78 is 0. The molecular weight excluding hydrogens is 208 g/mol. The second-order valence-electron chi connectivity index (χ2n) is 3.54. The fraction of sp³-hybridized carbons (Fsp3) is 0.727. The normalized spacial score (nSPS) is 9.69. The van der Waals surface area contributed by atoms with Crippen LogP contribution in [0.25, 0.3) is 0 Å². The molecule has 0 aromatic carbocycles. The Labute approximate surface area is 96.2 Å². The maximum absolute atomic E-state index is 11.5. The van der Waals surface area contributed by atoms with Gasteiger partial charge in [0.25, 0.3) is 0 Å². The molecule has 0 rings (SSSR count). The average molecular weight is 228 g/mol. The van der Waals surface area contributed by atoms with Crippen LogP contribution in [-0.2, 0) is 14.4 Å². The summed E-state index contributed by atoms with van der Waals surface area (Å²) in [7, 11) is 0. The summed E-state index contributed by atoms with van der Waals surface area (Å²) in [5.74, 6) is -0.373. The highest BCUT2D eigenvalue weighted by Gasteiger charge is 2.10. The average Bonchev–Trinajstić information content (AvgIpc) is 2.25. The largest absolute Gasteiger partial charge is 0.347 e. The van der Waals surface area contributed by atoms with Gasteiger partial charge in [0.15, 0.2) is 0 Å². The van der Waals surface area contributed by atoms with Gasteiger partial charge >= 0.3 is 0 Å². The van der Waals surface area contributed by atoms with Crippen molar-refractivity contribution < 1.29 is 14.4 Å². The molecule has 0 aliphatic carbocycles. The van der Waals surface area contributed by atoms with E-state index in [2.05, 4.69) is 5.32 Å². The van der Waals surface area contributed by atoms with Gasteiger partial charge < -0.3 is 15.0 Å². The first-order chi connectivity index (χ1) is 7.51. The number of carbonyl (C=O) groups is 3. The third-order valence-corrected chi connectivity index (χ3v) is 2.26. The van der Waals surface area contributed by atoms with Crippen LogP contribution in [0.2, 0.25) is 0 Å². The summed E-state index contributed by atoms with van der Waals surface area (Å²) in [6, 6.07) is 0. The molecule has 16 heavy (non-hydrogen) atoms. The minimum absolute atomic E-state index is 0.0123. The third-order valence-electron chi connectivity index (χ3n) is 2.26. The van der Waals surface area contributed by atoms with Crippen LogP contribution >= 0.6 is 0 Å². The predicted octanol–water partition coefficient (Wildman–Crippen LogP) is 0.340. The zero-order chi connectivity index (χ0) is 12.6. The second-order valence-corrected chi connectivity index (χ2v) is 3.54. The van der Waals surface area contributed by atoms with Crippen LogP contribution in [0.1, 0.15) is 33.6 Å². The van der Waals surface area contributed by atoms with Crippen LogP contribution in [0.3, 0.4) is 0 Å². The zero-order valence-electron chi connectivity index (χ0n) is 10.2. The van der Waals surface area contributed by atoms with Crippen LogP contribution < -0.4 is 5.32 Å². The molecule has 0 aromatic rings. The number of hydrogen-bond acceptors (Lipinski definition) is 3. The maximum Gasteiger partial charge on any atom is 0.241 e. The Kier molecular flexibility index (Phi) is 7.16. The fourth-order valence-corrected chi connectivity index (χ4v) is 1.24. The molecular formula is C11H20N2O3. The van der Waals surface area contributed by atoms with Gasteiger partial charge in [0, 0.05) is 25.9 Å². The van der Waals surface area contributed by atoms with Gasteiger partial charge in [-0.2, -0.15) is 0 Å².